The molecule has 1 aliphatic heterocycles. The second kappa shape index (κ2) is 16.1. The highest BCUT2D eigenvalue weighted by Crippen LogP contribution is 2.44. The maximum atomic E-state index is 13.7. The van der Waals surface area contributed by atoms with Gasteiger partial charge in [-0.2, -0.15) is 0 Å². The van der Waals surface area contributed by atoms with E-state index in [2.05, 4.69) is 10.6 Å². The number of alkyl carbamates (subject to hydrolysis) is 1. The van der Waals surface area contributed by atoms with E-state index < -0.39 is 54.9 Å². The molecule has 4 aromatic rings. The molecule has 272 valence electrons. The van der Waals surface area contributed by atoms with Gasteiger partial charge in [-0.05, 0) is 46.0 Å². The largest absolute Gasteiger partial charge is 0.495 e. The third kappa shape index (κ3) is 8.12. The van der Waals surface area contributed by atoms with Gasteiger partial charge in [-0.1, -0.05) is 78.9 Å². The number of fused-ring (bicyclic) bond motifs is 3. The highest BCUT2D eigenvalue weighted by atomic mass is 16.5. The Morgan fingerprint density at radius 3 is 2.19 bits per heavy atom. The van der Waals surface area contributed by atoms with Crippen LogP contribution >= 0.6 is 0 Å². The Morgan fingerprint density at radius 1 is 0.868 bits per heavy atom. The van der Waals surface area contributed by atoms with Crippen molar-refractivity contribution in [1.29, 1.82) is 0 Å². The summed E-state index contributed by atoms with van der Waals surface area (Å²) in [5, 5.41) is 4.83. The van der Waals surface area contributed by atoms with E-state index >= 15 is 0 Å². The number of urea groups is 1. The Balaban J connectivity index is 1.09. The van der Waals surface area contributed by atoms with E-state index in [1.807, 2.05) is 78.9 Å². The third-order valence-corrected chi connectivity index (χ3v) is 9.00. The predicted octanol–water partition coefficient (Wildman–Crippen LogP) is 4.07. The van der Waals surface area contributed by atoms with Crippen molar-refractivity contribution in [3.63, 3.8) is 0 Å². The normalized spacial score (nSPS) is 14.1. The first kappa shape index (κ1) is 36.1. The molecule has 1 saturated heterocycles. The predicted molar refractivity (Wildman–Crippen MR) is 192 cm³/mol. The molecule has 1 heterocycles. The molecule has 0 radical (unpaired) electrons. The number of primary amides is 1. The lowest BCUT2D eigenvalue weighted by Crippen LogP contribution is -2.57. The molecule has 53 heavy (non-hydrogen) atoms. The number of carbonyl (C=O) groups excluding carboxylic acids is 6. The first-order valence-electron chi connectivity index (χ1n) is 16.8. The minimum absolute atomic E-state index is 0.0331. The molecule has 4 N–H and O–H groups in total. The molecular formula is C39H37N5O9. The molecule has 0 aromatic heterocycles. The molecule has 0 spiro atoms. The minimum atomic E-state index is -1.46. The summed E-state index contributed by atoms with van der Waals surface area (Å²) in [6.07, 6.45) is -1.65. The lowest BCUT2D eigenvalue weighted by molar-refractivity contribution is -0.131. The Kier molecular flexibility index (Phi) is 11.0. The second-order valence-corrected chi connectivity index (χ2v) is 12.3. The van der Waals surface area contributed by atoms with Gasteiger partial charge in [-0.15, -0.1) is 0 Å². The monoisotopic (exact) mass is 719 g/mol. The molecule has 1 aliphatic carbocycles. The van der Waals surface area contributed by atoms with Crippen molar-refractivity contribution in [2.45, 2.75) is 31.4 Å². The van der Waals surface area contributed by atoms with Gasteiger partial charge in [0.05, 0.1) is 24.8 Å². The number of anilines is 1. The highest BCUT2D eigenvalue weighted by molar-refractivity contribution is 6.07. The summed E-state index contributed by atoms with van der Waals surface area (Å²) < 4.78 is 16.4. The van der Waals surface area contributed by atoms with Gasteiger partial charge in [0.25, 0.3) is 0 Å². The molecule has 4 aromatic carbocycles. The van der Waals surface area contributed by atoms with Crippen LogP contribution in [-0.2, 0) is 30.5 Å². The van der Waals surface area contributed by atoms with Crippen molar-refractivity contribution in [2.24, 2.45) is 5.73 Å². The van der Waals surface area contributed by atoms with E-state index in [1.165, 1.54) is 30.2 Å². The molecule has 14 heteroatoms. The minimum Gasteiger partial charge on any atom is -0.495 e. The molecule has 0 saturated carbocycles. The van der Waals surface area contributed by atoms with Gasteiger partial charge < -0.3 is 30.6 Å². The van der Waals surface area contributed by atoms with Crippen LogP contribution in [0.1, 0.15) is 45.8 Å². The number of hydrogen-bond donors (Lipinski definition) is 3. The number of ether oxygens (including phenoxy) is 3. The van der Waals surface area contributed by atoms with Crippen LogP contribution in [0.4, 0.5) is 15.3 Å². The first-order chi connectivity index (χ1) is 25.6. The number of methoxy groups -OCH3 is 1. The summed E-state index contributed by atoms with van der Waals surface area (Å²) in [4.78, 5) is 79.6. The summed E-state index contributed by atoms with van der Waals surface area (Å²) >= 11 is 0. The van der Waals surface area contributed by atoms with Crippen LogP contribution in [0.2, 0.25) is 0 Å². The van der Waals surface area contributed by atoms with Crippen molar-refractivity contribution < 1.29 is 43.0 Å². The van der Waals surface area contributed by atoms with Gasteiger partial charge in [-0.25, -0.2) is 19.3 Å². The van der Waals surface area contributed by atoms with Crippen molar-refractivity contribution in [2.75, 3.05) is 31.8 Å². The quantitative estimate of drug-likeness (QED) is 0.171. The number of amides is 6. The van der Waals surface area contributed by atoms with Gasteiger partial charge >= 0.3 is 18.1 Å². The average Bonchev–Trinajstić information content (AvgIpc) is 3.49. The Labute approximate surface area is 304 Å². The Bertz CT molecular complexity index is 2010. The number of nitrogens with two attached hydrogens (primary N) is 1. The summed E-state index contributed by atoms with van der Waals surface area (Å²) in [6, 6.07) is 26.9. The number of carbonyl (C=O) groups is 6. The van der Waals surface area contributed by atoms with Crippen LogP contribution in [0.3, 0.4) is 0 Å². The van der Waals surface area contributed by atoms with Crippen molar-refractivity contribution in [3.05, 3.63) is 119 Å². The van der Waals surface area contributed by atoms with Crippen LogP contribution in [0.15, 0.2) is 97.1 Å². The number of imide groups is 1. The summed E-state index contributed by atoms with van der Waals surface area (Å²) in [6.45, 7) is -0.615. The van der Waals surface area contributed by atoms with Gasteiger partial charge in [0.2, 0.25) is 17.7 Å². The number of nitrogens with one attached hydrogen (secondary N) is 2. The van der Waals surface area contributed by atoms with Gasteiger partial charge in [0, 0.05) is 18.9 Å². The van der Waals surface area contributed by atoms with Gasteiger partial charge in [0.1, 0.15) is 31.7 Å². The van der Waals surface area contributed by atoms with Crippen LogP contribution in [0, 0.1) is 0 Å². The van der Waals surface area contributed by atoms with Crippen LogP contribution in [0.5, 0.6) is 5.75 Å². The fourth-order valence-electron chi connectivity index (χ4n) is 6.38. The smallest absolute Gasteiger partial charge is 0.407 e. The van der Waals surface area contributed by atoms with E-state index in [0.717, 1.165) is 32.7 Å². The van der Waals surface area contributed by atoms with Crippen LogP contribution in [0.25, 0.3) is 11.1 Å². The molecule has 6 rings (SSSR count). The lowest BCUT2D eigenvalue weighted by atomic mass is 9.98. The van der Waals surface area contributed by atoms with Crippen molar-refractivity contribution >= 4 is 41.5 Å². The number of hydrogen-bond acceptors (Lipinski definition) is 9. The molecule has 1 fully saturated rings. The van der Waals surface area contributed by atoms with E-state index in [1.54, 1.807) is 0 Å². The van der Waals surface area contributed by atoms with E-state index in [0.29, 0.717) is 0 Å². The Hall–Kier alpha value is -6.70. The number of esters is 1. The average molecular weight is 720 g/mol. The molecule has 1 atom stereocenters. The maximum Gasteiger partial charge on any atom is 0.407 e. The number of nitrogens with zero attached hydrogens (tertiary/aromatic N) is 2. The molecule has 2 aliphatic rings. The molecular weight excluding hydrogens is 682 g/mol. The zero-order chi connectivity index (χ0) is 37.5. The van der Waals surface area contributed by atoms with Crippen LogP contribution < -0.4 is 26.0 Å². The van der Waals surface area contributed by atoms with Gasteiger partial charge in [0.15, 0.2) is 0 Å². The standard InChI is InChI=1S/C39H37N5O9/c1-51-33-16-15-25(37(48)52-21-24-9-3-2-4-10-24)19-32(33)43-18-17-35(46)44(39(43)50)23-41-36(47)31(20-34(40)45)42-38(49)53-22-30-28-13-7-5-11-26(28)27-12-6-8-14-29(27)30/h2-16,19,30-31H,17-18,20-23H2,1H3,(H2,40,45)(H,41,47)(H,42,49)/t31-/m0/s1. The number of benzene rings is 4. The van der Waals surface area contributed by atoms with Gasteiger partial charge in [-0.3, -0.25) is 19.3 Å². The van der Waals surface area contributed by atoms with E-state index in [9.17, 15) is 28.8 Å². The summed E-state index contributed by atoms with van der Waals surface area (Å²) in [5.41, 5.74) is 10.6. The fourth-order valence-corrected chi connectivity index (χ4v) is 6.38. The second-order valence-electron chi connectivity index (χ2n) is 12.3. The highest BCUT2D eigenvalue weighted by Gasteiger charge is 2.36. The fraction of sp³-hybridized carbons (Fsp3) is 0.231. The topological polar surface area (TPSA) is 187 Å². The SMILES string of the molecule is COc1ccc(C(=O)OCc2ccccc2)cc1N1CCC(=O)N(CNC(=O)[C@H](CC(N)=O)NC(=O)OCC2c3ccccc3-c3ccccc32)C1=O. The molecule has 0 unspecified atom stereocenters. The van der Waals surface area contributed by atoms with E-state index in [4.69, 9.17) is 19.9 Å². The maximum absolute atomic E-state index is 13.7. The zero-order valence-electron chi connectivity index (χ0n) is 28.8. The lowest BCUT2D eigenvalue weighted by Gasteiger charge is -2.35. The summed E-state index contributed by atoms with van der Waals surface area (Å²) in [5.74, 6) is -2.96. The first-order valence-corrected chi connectivity index (χ1v) is 16.8. The van der Waals surface area contributed by atoms with Crippen molar-refractivity contribution in [1.82, 2.24) is 15.5 Å². The molecule has 6 amide bonds. The zero-order valence-corrected chi connectivity index (χ0v) is 28.8. The van der Waals surface area contributed by atoms with Crippen LogP contribution in [-0.4, -0.2) is 73.7 Å². The number of rotatable bonds is 13. The summed E-state index contributed by atoms with van der Waals surface area (Å²) in [7, 11) is 1.40. The van der Waals surface area contributed by atoms with Crippen molar-refractivity contribution in [3.8, 4) is 16.9 Å². The molecule has 14 nitrogen and oxygen atoms in total. The third-order valence-electron chi connectivity index (χ3n) is 9.00. The molecule has 0 bridgehead atoms. The Morgan fingerprint density at radius 2 is 1.53 bits per heavy atom. The van der Waals surface area contributed by atoms with E-state index in [-0.39, 0.29) is 49.1 Å².